The van der Waals surface area contributed by atoms with Gasteiger partial charge in [0, 0.05) is 29.7 Å². The molecule has 1 saturated heterocycles. The molecule has 3 heterocycles. The maximum absolute atomic E-state index is 14.5. The number of nitrogens with one attached hydrogen (secondary N) is 1. The number of fused-ring (bicyclic) bond motifs is 1. The minimum Gasteiger partial charge on any atom is -0.383 e. The zero-order chi connectivity index (χ0) is 21.3. The number of anilines is 2. The van der Waals surface area contributed by atoms with E-state index in [1.165, 1.54) is 12.4 Å². The van der Waals surface area contributed by atoms with Crippen molar-refractivity contribution in [3.63, 3.8) is 0 Å². The van der Waals surface area contributed by atoms with E-state index in [1.54, 1.807) is 10.7 Å². The summed E-state index contributed by atoms with van der Waals surface area (Å²) >= 11 is 3.39. The van der Waals surface area contributed by atoms with E-state index in [0.717, 1.165) is 25.9 Å². The summed E-state index contributed by atoms with van der Waals surface area (Å²) in [7, 11) is 0. The van der Waals surface area contributed by atoms with Crippen LogP contribution in [-0.2, 0) is 6.54 Å². The number of rotatable bonds is 4. The highest BCUT2D eigenvalue weighted by Gasteiger charge is 2.16. The smallest absolute Gasteiger partial charge is 0.164 e. The fourth-order valence-corrected chi connectivity index (χ4v) is 3.84. The van der Waals surface area contributed by atoms with Crippen LogP contribution < -0.4 is 11.1 Å². The van der Waals surface area contributed by atoms with Crippen LogP contribution >= 0.6 is 15.9 Å². The monoisotopic (exact) mass is 469 g/mol. The van der Waals surface area contributed by atoms with Crippen LogP contribution in [0.25, 0.3) is 11.0 Å². The third-order valence-corrected chi connectivity index (χ3v) is 5.65. The molecule has 0 atom stereocenters. The van der Waals surface area contributed by atoms with Gasteiger partial charge in [0.1, 0.15) is 23.7 Å². The fourth-order valence-electron chi connectivity index (χ4n) is 3.43. The minimum absolute atomic E-state index is 0.325. The standard InChI is InChI=1S/C21H21BrFN7/c1-3-30-21-19(20(24)25-12-26-21)17(28-30)7-6-14-10-18(16(23)11-15(14)22)27-13(2)29-8-4-5-9-29/h10-12,27H,2-5,8-9H2,1H3,(H2,24,25,26). The third-order valence-electron chi connectivity index (χ3n) is 5.00. The van der Waals surface area contributed by atoms with Gasteiger partial charge in [-0.05, 0) is 53.7 Å². The molecule has 4 rings (SSSR count). The topological polar surface area (TPSA) is 84.9 Å². The van der Waals surface area contributed by atoms with E-state index < -0.39 is 0 Å². The van der Waals surface area contributed by atoms with Gasteiger partial charge in [-0.1, -0.05) is 12.5 Å². The van der Waals surface area contributed by atoms with Crippen molar-refractivity contribution in [1.82, 2.24) is 24.6 Å². The second-order valence-corrected chi connectivity index (χ2v) is 7.80. The molecule has 1 aromatic carbocycles. The van der Waals surface area contributed by atoms with E-state index in [9.17, 15) is 4.39 Å². The maximum atomic E-state index is 14.5. The normalized spacial score (nSPS) is 13.4. The second-order valence-electron chi connectivity index (χ2n) is 6.95. The van der Waals surface area contributed by atoms with Crippen LogP contribution in [-0.4, -0.2) is 37.7 Å². The molecule has 1 fully saturated rings. The molecular weight excluding hydrogens is 449 g/mol. The van der Waals surface area contributed by atoms with Crippen LogP contribution in [0.3, 0.4) is 0 Å². The Morgan fingerprint density at radius 1 is 1.30 bits per heavy atom. The molecule has 0 bridgehead atoms. The number of aryl methyl sites for hydroxylation is 1. The first-order chi connectivity index (χ1) is 14.5. The van der Waals surface area contributed by atoms with Crippen molar-refractivity contribution in [3.05, 3.63) is 52.4 Å². The van der Waals surface area contributed by atoms with E-state index in [-0.39, 0.29) is 5.82 Å². The highest BCUT2D eigenvalue weighted by molar-refractivity contribution is 9.10. The zero-order valence-corrected chi connectivity index (χ0v) is 18.1. The number of nitrogen functional groups attached to an aromatic ring is 1. The van der Waals surface area contributed by atoms with Gasteiger partial charge in [0.05, 0.1) is 16.9 Å². The first-order valence-electron chi connectivity index (χ1n) is 9.67. The van der Waals surface area contributed by atoms with Crippen molar-refractivity contribution >= 4 is 38.5 Å². The predicted molar refractivity (Wildman–Crippen MR) is 119 cm³/mol. The molecule has 2 aromatic heterocycles. The Labute approximate surface area is 182 Å². The van der Waals surface area contributed by atoms with Crippen LogP contribution in [0.4, 0.5) is 15.9 Å². The van der Waals surface area contributed by atoms with E-state index in [0.29, 0.717) is 50.6 Å². The highest BCUT2D eigenvalue weighted by Crippen LogP contribution is 2.27. The molecule has 0 radical (unpaired) electrons. The average molecular weight is 470 g/mol. The lowest BCUT2D eigenvalue weighted by molar-refractivity contribution is 0.432. The van der Waals surface area contributed by atoms with Gasteiger partial charge >= 0.3 is 0 Å². The van der Waals surface area contributed by atoms with Gasteiger partial charge in [0.25, 0.3) is 0 Å². The number of nitrogens with two attached hydrogens (primary N) is 1. The van der Waals surface area contributed by atoms with Crippen molar-refractivity contribution in [2.45, 2.75) is 26.3 Å². The molecule has 154 valence electrons. The maximum Gasteiger partial charge on any atom is 0.164 e. The fraction of sp³-hybridized carbons (Fsp3) is 0.286. The van der Waals surface area contributed by atoms with E-state index in [2.05, 4.69) is 59.6 Å². The summed E-state index contributed by atoms with van der Waals surface area (Å²) in [4.78, 5) is 10.4. The Hall–Kier alpha value is -3.12. The van der Waals surface area contributed by atoms with Crippen LogP contribution in [0, 0.1) is 17.7 Å². The number of likely N-dealkylation sites (tertiary alicyclic amines) is 1. The van der Waals surface area contributed by atoms with Gasteiger partial charge in [-0.2, -0.15) is 5.10 Å². The second kappa shape index (κ2) is 8.32. The molecule has 7 nitrogen and oxygen atoms in total. The van der Waals surface area contributed by atoms with E-state index in [4.69, 9.17) is 5.73 Å². The summed E-state index contributed by atoms with van der Waals surface area (Å²) in [5.41, 5.74) is 8.09. The van der Waals surface area contributed by atoms with Crippen LogP contribution in [0.15, 0.2) is 35.3 Å². The Morgan fingerprint density at radius 2 is 2.07 bits per heavy atom. The molecule has 0 saturated carbocycles. The number of benzene rings is 1. The van der Waals surface area contributed by atoms with Crippen molar-refractivity contribution in [3.8, 4) is 11.8 Å². The van der Waals surface area contributed by atoms with Crippen LogP contribution in [0.1, 0.15) is 31.0 Å². The summed E-state index contributed by atoms with van der Waals surface area (Å²) in [6, 6.07) is 3.05. The van der Waals surface area contributed by atoms with Gasteiger partial charge in [-0.3, -0.25) is 0 Å². The molecule has 30 heavy (non-hydrogen) atoms. The number of nitrogens with zero attached hydrogens (tertiary/aromatic N) is 5. The highest BCUT2D eigenvalue weighted by atomic mass is 79.9. The lowest BCUT2D eigenvalue weighted by Gasteiger charge is -2.22. The van der Waals surface area contributed by atoms with Crippen LogP contribution in [0.5, 0.6) is 0 Å². The molecule has 0 spiro atoms. The largest absolute Gasteiger partial charge is 0.383 e. The number of hydrogen-bond acceptors (Lipinski definition) is 6. The quantitative estimate of drug-likeness (QED) is 0.566. The van der Waals surface area contributed by atoms with Crippen LogP contribution in [0.2, 0.25) is 0 Å². The van der Waals surface area contributed by atoms with Crippen molar-refractivity contribution in [2.24, 2.45) is 0 Å². The number of hydrogen-bond donors (Lipinski definition) is 2. The molecule has 3 aromatic rings. The van der Waals surface area contributed by atoms with Crippen molar-refractivity contribution in [2.75, 3.05) is 24.1 Å². The van der Waals surface area contributed by atoms with Gasteiger partial charge < -0.3 is 16.0 Å². The Kier molecular flexibility index (Phi) is 5.59. The van der Waals surface area contributed by atoms with E-state index >= 15 is 0 Å². The summed E-state index contributed by atoms with van der Waals surface area (Å²) in [5.74, 6) is 6.73. The van der Waals surface area contributed by atoms with Gasteiger partial charge in [0.15, 0.2) is 5.65 Å². The number of halogens is 2. The zero-order valence-electron chi connectivity index (χ0n) is 16.5. The number of aromatic nitrogens is 4. The lowest BCUT2D eigenvalue weighted by Crippen LogP contribution is -2.23. The minimum atomic E-state index is -0.383. The molecule has 1 aliphatic rings. The first kappa shape index (κ1) is 20.2. The molecular formula is C21H21BrFN7. The summed E-state index contributed by atoms with van der Waals surface area (Å²) in [5, 5.41) is 8.18. The van der Waals surface area contributed by atoms with Gasteiger partial charge in [-0.25, -0.2) is 19.0 Å². The third kappa shape index (κ3) is 3.83. The lowest BCUT2D eigenvalue weighted by atomic mass is 10.2. The molecule has 1 aliphatic heterocycles. The summed E-state index contributed by atoms with van der Waals surface area (Å²) < 4.78 is 16.8. The molecule has 0 amide bonds. The van der Waals surface area contributed by atoms with E-state index in [1.807, 2.05) is 6.92 Å². The molecule has 9 heteroatoms. The molecule has 3 N–H and O–H groups in total. The van der Waals surface area contributed by atoms with Crippen molar-refractivity contribution in [1.29, 1.82) is 0 Å². The predicted octanol–water partition coefficient (Wildman–Crippen LogP) is 3.71. The van der Waals surface area contributed by atoms with Crippen molar-refractivity contribution < 1.29 is 4.39 Å². The molecule has 0 aliphatic carbocycles. The Balaban J connectivity index is 1.69. The summed E-state index contributed by atoms with van der Waals surface area (Å²) in [6.45, 7) is 8.47. The Bertz CT molecular complexity index is 1190. The SMILES string of the molecule is C=C(Nc1cc(C#Cc2nn(CC)c3ncnc(N)c23)c(Br)cc1F)N1CCCC1. The molecule has 0 unspecified atom stereocenters. The first-order valence-corrected chi connectivity index (χ1v) is 10.5. The van der Waals surface area contributed by atoms with Gasteiger partial charge in [0.2, 0.25) is 0 Å². The van der Waals surface area contributed by atoms with Gasteiger partial charge in [-0.15, -0.1) is 0 Å². The Morgan fingerprint density at radius 3 is 2.80 bits per heavy atom. The summed E-state index contributed by atoms with van der Waals surface area (Å²) in [6.07, 6.45) is 3.64. The average Bonchev–Trinajstić information content (AvgIpc) is 3.38.